The van der Waals surface area contributed by atoms with Crippen LogP contribution < -0.4 is 10.5 Å². The van der Waals surface area contributed by atoms with Crippen molar-refractivity contribution in [2.45, 2.75) is 42.2 Å². The number of benzene rings is 1. The predicted octanol–water partition coefficient (Wildman–Crippen LogP) is 2.67. The highest BCUT2D eigenvalue weighted by Crippen LogP contribution is 2.39. The van der Waals surface area contributed by atoms with E-state index in [1.807, 2.05) is 6.26 Å². The van der Waals surface area contributed by atoms with Gasteiger partial charge in [0.05, 0.1) is 10.6 Å². The predicted molar refractivity (Wildman–Crippen MR) is 85.5 cm³/mol. The lowest BCUT2D eigenvalue weighted by Gasteiger charge is -2.26. The first-order valence-corrected chi connectivity index (χ1v) is 9.61. The summed E-state index contributed by atoms with van der Waals surface area (Å²) in [6.45, 7) is 1.90. The highest BCUT2D eigenvalue weighted by atomic mass is 32.2. The maximum absolute atomic E-state index is 13.5. The molecular weight excluding hydrogens is 311 g/mol. The van der Waals surface area contributed by atoms with E-state index in [0.29, 0.717) is 6.54 Å². The molecule has 1 aromatic carbocycles. The molecule has 1 aliphatic carbocycles. The number of nitrogen functional groups attached to an aromatic ring is 1. The lowest BCUT2D eigenvalue weighted by molar-refractivity contribution is 0.550. The third kappa shape index (κ3) is 3.52. The maximum atomic E-state index is 13.5. The normalized spacial score (nSPS) is 18.0. The summed E-state index contributed by atoms with van der Waals surface area (Å²) in [5, 5.41) is 0. The fourth-order valence-electron chi connectivity index (χ4n) is 2.70. The van der Waals surface area contributed by atoms with Crippen molar-refractivity contribution in [2.24, 2.45) is 0 Å². The Morgan fingerprint density at radius 3 is 2.52 bits per heavy atom. The molecule has 0 radical (unpaired) electrons. The fraction of sp³-hybridized carbons (Fsp3) is 0.571. The van der Waals surface area contributed by atoms with E-state index in [1.54, 1.807) is 11.8 Å². The number of anilines is 1. The average Bonchev–Trinajstić information content (AvgIpc) is 2.92. The molecular formula is C14H21FN2O2S2. The van der Waals surface area contributed by atoms with Crippen LogP contribution in [0.5, 0.6) is 0 Å². The quantitative estimate of drug-likeness (QED) is 0.813. The van der Waals surface area contributed by atoms with E-state index < -0.39 is 15.8 Å². The van der Waals surface area contributed by atoms with Crippen molar-refractivity contribution in [1.29, 1.82) is 0 Å². The molecule has 7 heteroatoms. The Labute approximate surface area is 129 Å². The molecule has 21 heavy (non-hydrogen) atoms. The number of halogens is 1. The first-order valence-electron chi connectivity index (χ1n) is 6.90. The number of aryl methyl sites for hydroxylation is 1. The molecule has 118 valence electrons. The van der Waals surface area contributed by atoms with Gasteiger partial charge in [0.25, 0.3) is 0 Å². The van der Waals surface area contributed by atoms with Gasteiger partial charge < -0.3 is 5.73 Å². The second-order valence-electron chi connectivity index (χ2n) is 5.56. The lowest BCUT2D eigenvalue weighted by Crippen LogP contribution is -2.38. The summed E-state index contributed by atoms with van der Waals surface area (Å²) in [7, 11) is -3.67. The Balaban J connectivity index is 2.19. The van der Waals surface area contributed by atoms with Crippen molar-refractivity contribution in [1.82, 2.24) is 4.72 Å². The van der Waals surface area contributed by atoms with Gasteiger partial charge >= 0.3 is 0 Å². The molecule has 0 spiro atoms. The van der Waals surface area contributed by atoms with Crippen LogP contribution in [-0.4, -0.2) is 26.0 Å². The van der Waals surface area contributed by atoms with Crippen LogP contribution in [-0.2, 0) is 10.0 Å². The highest BCUT2D eigenvalue weighted by Gasteiger charge is 2.34. The number of hydrogen-bond donors (Lipinski definition) is 2. The van der Waals surface area contributed by atoms with Crippen LogP contribution in [0.3, 0.4) is 0 Å². The average molecular weight is 332 g/mol. The Morgan fingerprint density at radius 2 is 2.00 bits per heavy atom. The van der Waals surface area contributed by atoms with Crippen molar-refractivity contribution in [3.05, 3.63) is 23.5 Å². The molecule has 0 heterocycles. The van der Waals surface area contributed by atoms with Crippen LogP contribution in [0.25, 0.3) is 0 Å². The van der Waals surface area contributed by atoms with Crippen molar-refractivity contribution in [3.8, 4) is 0 Å². The molecule has 0 amide bonds. The van der Waals surface area contributed by atoms with E-state index in [-0.39, 0.29) is 20.9 Å². The van der Waals surface area contributed by atoms with Gasteiger partial charge in [0.2, 0.25) is 10.0 Å². The SMILES string of the molecule is CSC1(CNS(=O)(=O)c2cc(C)c(F)c(N)c2)CCCC1. The number of sulfonamides is 1. The Hall–Kier alpha value is -0.790. The van der Waals surface area contributed by atoms with Gasteiger partial charge in [0.15, 0.2) is 0 Å². The summed E-state index contributed by atoms with van der Waals surface area (Å²) in [5.41, 5.74) is 5.61. The summed E-state index contributed by atoms with van der Waals surface area (Å²) in [6, 6.07) is 2.49. The number of thioether (sulfide) groups is 1. The second kappa shape index (κ2) is 6.14. The minimum atomic E-state index is -3.67. The van der Waals surface area contributed by atoms with E-state index in [1.165, 1.54) is 19.1 Å². The number of nitrogens with one attached hydrogen (secondary N) is 1. The number of hydrogen-bond acceptors (Lipinski definition) is 4. The van der Waals surface area contributed by atoms with Crippen molar-refractivity contribution < 1.29 is 12.8 Å². The summed E-state index contributed by atoms with van der Waals surface area (Å²) < 4.78 is 40.9. The standard InChI is InChI=1S/C14H21FN2O2S2/c1-10-7-11(8-12(16)13(10)15)21(18,19)17-9-14(20-2)5-3-4-6-14/h7-8,17H,3-6,9,16H2,1-2H3. The molecule has 2 rings (SSSR count). The zero-order valence-electron chi connectivity index (χ0n) is 12.3. The Bertz CT molecular complexity index is 603. The molecule has 0 unspecified atom stereocenters. The van der Waals surface area contributed by atoms with Gasteiger partial charge in [0.1, 0.15) is 5.82 Å². The molecule has 0 aliphatic heterocycles. The topological polar surface area (TPSA) is 72.2 Å². The molecule has 0 saturated heterocycles. The highest BCUT2D eigenvalue weighted by molar-refractivity contribution is 8.00. The largest absolute Gasteiger partial charge is 0.396 e. The molecule has 3 N–H and O–H groups in total. The van der Waals surface area contributed by atoms with Crippen LogP contribution in [0, 0.1) is 12.7 Å². The molecule has 1 aromatic rings. The van der Waals surface area contributed by atoms with Gasteiger partial charge in [-0.05, 0) is 43.7 Å². The van der Waals surface area contributed by atoms with E-state index in [4.69, 9.17) is 5.73 Å². The minimum Gasteiger partial charge on any atom is -0.396 e. The smallest absolute Gasteiger partial charge is 0.240 e. The van der Waals surface area contributed by atoms with Crippen molar-refractivity contribution in [3.63, 3.8) is 0 Å². The van der Waals surface area contributed by atoms with E-state index >= 15 is 0 Å². The van der Waals surface area contributed by atoms with Crippen LogP contribution in [0.1, 0.15) is 31.2 Å². The zero-order chi connectivity index (χ0) is 15.7. The van der Waals surface area contributed by atoms with Gasteiger partial charge in [-0.25, -0.2) is 17.5 Å². The van der Waals surface area contributed by atoms with E-state index in [2.05, 4.69) is 4.72 Å². The molecule has 0 aromatic heterocycles. The summed E-state index contributed by atoms with van der Waals surface area (Å²) in [5.74, 6) is -0.565. The van der Waals surface area contributed by atoms with Crippen LogP contribution >= 0.6 is 11.8 Å². The zero-order valence-corrected chi connectivity index (χ0v) is 13.9. The van der Waals surface area contributed by atoms with Gasteiger partial charge in [-0.1, -0.05) is 12.8 Å². The van der Waals surface area contributed by atoms with E-state index in [9.17, 15) is 12.8 Å². The lowest BCUT2D eigenvalue weighted by atomic mass is 10.1. The molecule has 0 atom stereocenters. The van der Waals surface area contributed by atoms with Gasteiger partial charge in [-0.2, -0.15) is 11.8 Å². The molecule has 4 nitrogen and oxygen atoms in total. The Kier molecular flexibility index (Phi) is 4.85. The first kappa shape index (κ1) is 16.6. The fourth-order valence-corrected chi connectivity index (χ4v) is 4.95. The van der Waals surface area contributed by atoms with E-state index in [0.717, 1.165) is 25.7 Å². The number of nitrogens with two attached hydrogens (primary N) is 1. The second-order valence-corrected chi connectivity index (χ2v) is 8.60. The van der Waals surface area contributed by atoms with Crippen molar-refractivity contribution >= 4 is 27.5 Å². The van der Waals surface area contributed by atoms with Crippen LogP contribution in [0.15, 0.2) is 17.0 Å². The maximum Gasteiger partial charge on any atom is 0.240 e. The summed E-state index contributed by atoms with van der Waals surface area (Å²) in [6.07, 6.45) is 6.30. The molecule has 1 saturated carbocycles. The van der Waals surface area contributed by atoms with Crippen LogP contribution in [0.2, 0.25) is 0 Å². The van der Waals surface area contributed by atoms with Gasteiger partial charge in [0, 0.05) is 11.3 Å². The van der Waals surface area contributed by atoms with Gasteiger partial charge in [-0.3, -0.25) is 0 Å². The molecule has 1 fully saturated rings. The first-order chi connectivity index (χ1) is 9.80. The monoisotopic (exact) mass is 332 g/mol. The minimum absolute atomic E-state index is 0.0201. The third-order valence-electron chi connectivity index (χ3n) is 4.10. The molecule has 1 aliphatic rings. The Morgan fingerprint density at radius 1 is 1.38 bits per heavy atom. The van der Waals surface area contributed by atoms with Crippen LogP contribution in [0.4, 0.5) is 10.1 Å². The van der Waals surface area contributed by atoms with Crippen molar-refractivity contribution in [2.75, 3.05) is 18.5 Å². The van der Waals surface area contributed by atoms with Gasteiger partial charge in [-0.15, -0.1) is 0 Å². The molecule has 0 bridgehead atoms. The third-order valence-corrected chi connectivity index (χ3v) is 6.90. The number of rotatable bonds is 5. The summed E-state index contributed by atoms with van der Waals surface area (Å²) >= 11 is 1.71. The summed E-state index contributed by atoms with van der Waals surface area (Å²) in [4.78, 5) is 0.0214.